The van der Waals surface area contributed by atoms with Crippen molar-refractivity contribution in [1.29, 1.82) is 0 Å². The summed E-state index contributed by atoms with van der Waals surface area (Å²) >= 11 is 0. The molecule has 115 valence electrons. The zero-order valence-electron chi connectivity index (χ0n) is 13.7. The van der Waals surface area contributed by atoms with Crippen LogP contribution in [0.4, 0.5) is 0 Å². The fourth-order valence-corrected chi connectivity index (χ4v) is 2.73. The van der Waals surface area contributed by atoms with Gasteiger partial charge in [0.05, 0.1) is 5.41 Å². The molecule has 1 aliphatic rings. The lowest BCUT2D eigenvalue weighted by Crippen LogP contribution is -2.41. The van der Waals surface area contributed by atoms with E-state index in [2.05, 4.69) is 13.8 Å². The maximum atomic E-state index is 13.0. The molecule has 0 heterocycles. The molecule has 0 saturated carbocycles. The molecule has 1 aromatic carbocycles. The maximum Gasteiger partial charge on any atom is 0.229 e. The van der Waals surface area contributed by atoms with Gasteiger partial charge in [-0.2, -0.15) is 0 Å². The normalized spacial score (nSPS) is 21.1. The molecule has 0 fully saturated rings. The third-order valence-corrected chi connectivity index (χ3v) is 4.32. The Labute approximate surface area is 132 Å². The third kappa shape index (κ3) is 2.96. The lowest BCUT2D eigenvalue weighted by molar-refractivity contribution is -0.122. The van der Waals surface area contributed by atoms with Gasteiger partial charge in [0.1, 0.15) is 0 Å². The van der Waals surface area contributed by atoms with Crippen molar-refractivity contribution in [2.45, 2.75) is 27.7 Å². The van der Waals surface area contributed by atoms with Crippen LogP contribution in [0.25, 0.3) is 0 Å². The number of ketones is 2. The summed E-state index contributed by atoms with van der Waals surface area (Å²) in [6.07, 6.45) is 7.77. The summed E-state index contributed by atoms with van der Waals surface area (Å²) in [5.41, 5.74) is 0.710. The number of Topliss-reactive ketones (excluding diaryl/α,β-unsaturated/α-hetero) is 2. The van der Waals surface area contributed by atoms with E-state index in [1.807, 2.05) is 44.6 Å². The van der Waals surface area contributed by atoms with Crippen LogP contribution in [0.3, 0.4) is 0 Å². The van der Waals surface area contributed by atoms with Gasteiger partial charge in [0, 0.05) is 12.0 Å². The first kappa shape index (κ1) is 16.4. The Morgan fingerprint density at radius 1 is 1.00 bits per heavy atom. The van der Waals surface area contributed by atoms with E-state index in [9.17, 15) is 9.59 Å². The molecule has 1 aromatic rings. The summed E-state index contributed by atoms with van der Waals surface area (Å²) in [4.78, 5) is 25.6. The van der Waals surface area contributed by atoms with Crippen molar-refractivity contribution >= 4 is 11.6 Å². The van der Waals surface area contributed by atoms with Crippen LogP contribution in [0.15, 0.2) is 54.1 Å². The van der Waals surface area contributed by atoms with E-state index in [-0.39, 0.29) is 11.7 Å². The van der Waals surface area contributed by atoms with Gasteiger partial charge in [0.15, 0.2) is 0 Å². The molecular weight excluding hydrogens is 272 g/mol. The van der Waals surface area contributed by atoms with Crippen LogP contribution in [0.5, 0.6) is 0 Å². The van der Waals surface area contributed by atoms with E-state index in [1.54, 1.807) is 24.3 Å². The number of rotatable bonds is 5. The Morgan fingerprint density at radius 2 is 1.64 bits per heavy atom. The third-order valence-electron chi connectivity index (χ3n) is 4.32. The molecule has 0 saturated heterocycles. The Kier molecular flexibility index (Phi) is 4.80. The van der Waals surface area contributed by atoms with Gasteiger partial charge >= 0.3 is 0 Å². The summed E-state index contributed by atoms with van der Waals surface area (Å²) in [5, 5.41) is 0. The van der Waals surface area contributed by atoms with Crippen molar-refractivity contribution < 1.29 is 9.59 Å². The minimum absolute atomic E-state index is 0.0198. The van der Waals surface area contributed by atoms with E-state index in [1.165, 1.54) is 0 Å². The predicted octanol–water partition coefficient (Wildman–Crippen LogP) is 4.44. The molecule has 0 bridgehead atoms. The molecule has 0 aliphatic heterocycles. The van der Waals surface area contributed by atoms with Crippen molar-refractivity contribution in [2.24, 2.45) is 17.3 Å². The Hall–Kier alpha value is -1.96. The van der Waals surface area contributed by atoms with Crippen molar-refractivity contribution in [3.05, 3.63) is 66.1 Å². The van der Waals surface area contributed by atoms with Gasteiger partial charge in [-0.3, -0.25) is 9.59 Å². The van der Waals surface area contributed by atoms with Crippen molar-refractivity contribution in [3.63, 3.8) is 0 Å². The highest BCUT2D eigenvalue weighted by molar-refractivity contribution is 6.46. The Morgan fingerprint density at radius 3 is 2.18 bits per heavy atom. The molecule has 0 spiro atoms. The van der Waals surface area contributed by atoms with Gasteiger partial charge in [-0.15, -0.1) is 0 Å². The molecule has 1 unspecified atom stereocenters. The second kappa shape index (κ2) is 6.43. The van der Waals surface area contributed by atoms with Gasteiger partial charge in [0.25, 0.3) is 0 Å². The van der Waals surface area contributed by atoms with Crippen molar-refractivity contribution in [1.82, 2.24) is 0 Å². The van der Waals surface area contributed by atoms with E-state index < -0.39 is 11.2 Å². The van der Waals surface area contributed by atoms with Crippen LogP contribution < -0.4 is 0 Å². The number of hydrogen-bond acceptors (Lipinski definition) is 2. The first-order valence-corrected chi connectivity index (χ1v) is 7.78. The average Bonchev–Trinajstić information content (AvgIpc) is 2.54. The summed E-state index contributed by atoms with van der Waals surface area (Å²) in [7, 11) is 0. The SMILES string of the molecule is CC(C)C1=CC=CC(C(=O)C(=O)c2ccccc2)(C(C)C)[CH]1. The van der Waals surface area contributed by atoms with E-state index >= 15 is 0 Å². The lowest BCUT2D eigenvalue weighted by Gasteiger charge is -2.36. The van der Waals surface area contributed by atoms with Crippen LogP contribution in [0.1, 0.15) is 38.1 Å². The lowest BCUT2D eigenvalue weighted by atomic mass is 9.65. The number of benzene rings is 1. The quantitative estimate of drug-likeness (QED) is 0.594. The summed E-state index contributed by atoms with van der Waals surface area (Å²) in [6.45, 7) is 8.16. The molecule has 1 aliphatic carbocycles. The molecule has 0 N–H and O–H groups in total. The fourth-order valence-electron chi connectivity index (χ4n) is 2.73. The van der Waals surface area contributed by atoms with Gasteiger partial charge in [-0.25, -0.2) is 0 Å². The molecule has 2 rings (SSSR count). The monoisotopic (exact) mass is 295 g/mol. The fraction of sp³-hybridized carbons (Fsp3) is 0.350. The first-order valence-electron chi connectivity index (χ1n) is 7.78. The van der Waals surface area contributed by atoms with Crippen LogP contribution in [0, 0.1) is 23.7 Å². The summed E-state index contributed by atoms with van der Waals surface area (Å²) < 4.78 is 0. The Balaban J connectivity index is 2.37. The standard InChI is InChI=1S/C20H23O2/c1-14(2)17-11-8-12-20(13-17,15(3)4)19(22)18(21)16-9-6-5-7-10-16/h5-15H,1-4H3. The van der Waals surface area contributed by atoms with Gasteiger partial charge < -0.3 is 0 Å². The zero-order valence-corrected chi connectivity index (χ0v) is 13.7. The van der Waals surface area contributed by atoms with E-state index in [4.69, 9.17) is 0 Å². The molecule has 0 aromatic heterocycles. The minimum atomic E-state index is -0.846. The van der Waals surface area contributed by atoms with Gasteiger partial charge in [-0.1, -0.05) is 81.8 Å². The zero-order chi connectivity index (χ0) is 16.3. The minimum Gasteiger partial charge on any atom is -0.289 e. The van der Waals surface area contributed by atoms with E-state index in [0.717, 1.165) is 5.57 Å². The molecule has 0 amide bonds. The second-order valence-electron chi connectivity index (χ2n) is 6.44. The number of allylic oxidation sites excluding steroid dienone is 4. The first-order chi connectivity index (χ1) is 10.4. The highest BCUT2D eigenvalue weighted by Gasteiger charge is 2.44. The van der Waals surface area contributed by atoms with Crippen LogP contribution in [0.2, 0.25) is 0 Å². The van der Waals surface area contributed by atoms with Crippen LogP contribution in [-0.4, -0.2) is 11.6 Å². The number of carbonyl (C=O) groups is 2. The molecule has 1 atom stereocenters. The molecule has 1 radical (unpaired) electrons. The summed E-state index contributed by atoms with van der Waals surface area (Å²) in [6, 6.07) is 8.79. The molecular formula is C20H23O2. The Bertz CT molecular complexity index is 620. The predicted molar refractivity (Wildman–Crippen MR) is 89.4 cm³/mol. The number of hydrogen-bond donors (Lipinski definition) is 0. The van der Waals surface area contributed by atoms with Crippen molar-refractivity contribution in [2.75, 3.05) is 0 Å². The average molecular weight is 295 g/mol. The maximum absolute atomic E-state index is 13.0. The van der Waals surface area contributed by atoms with Crippen LogP contribution >= 0.6 is 0 Å². The van der Waals surface area contributed by atoms with E-state index in [0.29, 0.717) is 11.5 Å². The van der Waals surface area contributed by atoms with Crippen LogP contribution in [-0.2, 0) is 4.79 Å². The van der Waals surface area contributed by atoms with Crippen molar-refractivity contribution in [3.8, 4) is 0 Å². The highest BCUT2D eigenvalue weighted by Crippen LogP contribution is 2.41. The largest absolute Gasteiger partial charge is 0.289 e. The van der Waals surface area contributed by atoms with Gasteiger partial charge in [0.2, 0.25) is 11.6 Å². The molecule has 2 nitrogen and oxygen atoms in total. The second-order valence-corrected chi connectivity index (χ2v) is 6.44. The summed E-state index contributed by atoms with van der Waals surface area (Å²) in [5.74, 6) is -0.425. The topological polar surface area (TPSA) is 34.1 Å². The van der Waals surface area contributed by atoms with Gasteiger partial charge in [-0.05, 0) is 11.8 Å². The molecule has 2 heteroatoms. The highest BCUT2D eigenvalue weighted by atomic mass is 16.2. The molecule has 22 heavy (non-hydrogen) atoms. The number of carbonyl (C=O) groups excluding carboxylic acids is 2. The smallest absolute Gasteiger partial charge is 0.229 e.